The fourth-order valence-electron chi connectivity index (χ4n) is 0.595. The van der Waals surface area contributed by atoms with E-state index >= 15 is 0 Å². The molecule has 0 aliphatic heterocycles. The summed E-state index contributed by atoms with van der Waals surface area (Å²) in [6.07, 6.45) is -6.02. The van der Waals surface area contributed by atoms with E-state index in [0.29, 0.717) is 0 Å². The van der Waals surface area contributed by atoms with Gasteiger partial charge >= 0.3 is 18.1 Å². The average Bonchev–Trinajstić information content (AvgIpc) is 2.28. The zero-order valence-corrected chi connectivity index (χ0v) is 10.4. The number of ether oxygens (including phenoxy) is 2. The summed E-state index contributed by atoms with van der Waals surface area (Å²) in [5, 5.41) is 10.4. The SMILES string of the molecule is COCCNCCOC.O=C(O)C(F)(F)C(F)(F)F. The molecule has 0 bridgehead atoms. The Bertz CT molecular complexity index is 241. The molecule has 0 aromatic carbocycles. The largest absolute Gasteiger partial charge is 0.477 e. The third kappa shape index (κ3) is 9.56. The summed E-state index contributed by atoms with van der Waals surface area (Å²) in [6, 6.07) is 0. The van der Waals surface area contributed by atoms with E-state index in [1.165, 1.54) is 0 Å². The second-order valence-corrected chi connectivity index (χ2v) is 3.11. The van der Waals surface area contributed by atoms with Crippen molar-refractivity contribution in [3.8, 4) is 0 Å². The van der Waals surface area contributed by atoms with Gasteiger partial charge < -0.3 is 19.9 Å². The van der Waals surface area contributed by atoms with E-state index in [2.05, 4.69) is 5.32 Å². The molecule has 0 aliphatic carbocycles. The molecular formula is C9H16F5NO4. The van der Waals surface area contributed by atoms with E-state index in [4.69, 9.17) is 14.6 Å². The normalized spacial score (nSPS) is 11.7. The minimum absolute atomic E-state index is 0.768. The topological polar surface area (TPSA) is 67.8 Å². The van der Waals surface area contributed by atoms with E-state index in [1.54, 1.807) is 14.2 Å². The van der Waals surface area contributed by atoms with Crippen molar-refractivity contribution in [1.29, 1.82) is 0 Å². The zero-order chi connectivity index (χ0) is 15.5. The quantitative estimate of drug-likeness (QED) is 0.545. The van der Waals surface area contributed by atoms with Gasteiger partial charge in [-0.15, -0.1) is 0 Å². The van der Waals surface area contributed by atoms with Crippen molar-refractivity contribution < 1.29 is 41.3 Å². The molecule has 0 aromatic rings. The van der Waals surface area contributed by atoms with Crippen LogP contribution in [0.5, 0.6) is 0 Å². The van der Waals surface area contributed by atoms with Gasteiger partial charge in [-0.2, -0.15) is 22.0 Å². The lowest BCUT2D eigenvalue weighted by Gasteiger charge is -2.13. The lowest BCUT2D eigenvalue weighted by molar-refractivity contribution is -0.277. The number of alkyl halides is 5. The molecular weight excluding hydrogens is 281 g/mol. The highest BCUT2D eigenvalue weighted by Gasteiger charge is 2.64. The van der Waals surface area contributed by atoms with Gasteiger partial charge in [0, 0.05) is 27.3 Å². The standard InChI is InChI=1S/C6H15NO2.C3HF5O2/c1-8-5-3-7-4-6-9-2;4-2(5,1(9)10)3(6,7)8/h7H,3-6H2,1-2H3;(H,9,10). The fourth-order valence-corrected chi connectivity index (χ4v) is 0.595. The number of carbonyl (C=O) groups is 1. The zero-order valence-electron chi connectivity index (χ0n) is 10.4. The maximum absolute atomic E-state index is 11.3. The van der Waals surface area contributed by atoms with E-state index < -0.39 is 18.1 Å². The molecule has 2 N–H and O–H groups in total. The first-order chi connectivity index (χ1) is 8.61. The van der Waals surface area contributed by atoms with Gasteiger partial charge in [-0.05, 0) is 0 Å². The highest BCUT2D eigenvalue weighted by atomic mass is 19.4. The Balaban J connectivity index is 0. The van der Waals surface area contributed by atoms with E-state index in [0.717, 1.165) is 26.3 Å². The van der Waals surface area contributed by atoms with Crippen LogP contribution in [-0.4, -0.2) is 63.7 Å². The molecule has 0 saturated carbocycles. The first-order valence-electron chi connectivity index (χ1n) is 4.97. The van der Waals surface area contributed by atoms with Crippen LogP contribution in [0.1, 0.15) is 0 Å². The fraction of sp³-hybridized carbons (Fsp3) is 0.889. The van der Waals surface area contributed by atoms with Crippen LogP contribution in [0.2, 0.25) is 0 Å². The van der Waals surface area contributed by atoms with Crippen molar-refractivity contribution in [2.45, 2.75) is 12.1 Å². The number of hydrogen-bond donors (Lipinski definition) is 2. The van der Waals surface area contributed by atoms with Crippen LogP contribution in [0.15, 0.2) is 0 Å². The molecule has 19 heavy (non-hydrogen) atoms. The Labute approximate surface area is 106 Å². The van der Waals surface area contributed by atoms with E-state index in [1.807, 2.05) is 0 Å². The van der Waals surface area contributed by atoms with Gasteiger partial charge in [0.25, 0.3) is 0 Å². The average molecular weight is 297 g/mol. The monoisotopic (exact) mass is 297 g/mol. The second kappa shape index (κ2) is 9.87. The van der Waals surface area contributed by atoms with Crippen LogP contribution < -0.4 is 5.32 Å². The van der Waals surface area contributed by atoms with Gasteiger partial charge in [0.15, 0.2) is 0 Å². The summed E-state index contributed by atoms with van der Waals surface area (Å²) in [7, 11) is 3.38. The highest BCUT2D eigenvalue weighted by Crippen LogP contribution is 2.35. The molecule has 0 unspecified atom stereocenters. The summed E-state index contributed by atoms with van der Waals surface area (Å²) < 4.78 is 65.2. The first-order valence-corrected chi connectivity index (χ1v) is 4.97. The molecule has 0 fully saturated rings. The van der Waals surface area contributed by atoms with Crippen LogP contribution in [0, 0.1) is 0 Å². The van der Waals surface area contributed by atoms with Crippen molar-refractivity contribution in [2.24, 2.45) is 0 Å². The number of aliphatic carboxylic acids is 1. The van der Waals surface area contributed by atoms with Crippen LogP contribution in [-0.2, 0) is 14.3 Å². The molecule has 0 amide bonds. The summed E-state index contributed by atoms with van der Waals surface area (Å²) in [6.45, 7) is 3.34. The second-order valence-electron chi connectivity index (χ2n) is 3.11. The summed E-state index contributed by atoms with van der Waals surface area (Å²) in [5.74, 6) is -8.84. The minimum Gasteiger partial charge on any atom is -0.477 e. The molecule has 10 heteroatoms. The van der Waals surface area contributed by atoms with Crippen LogP contribution in [0.3, 0.4) is 0 Å². The molecule has 0 aromatic heterocycles. The van der Waals surface area contributed by atoms with Gasteiger partial charge in [0.1, 0.15) is 0 Å². The molecule has 0 aliphatic rings. The Morgan fingerprint density at radius 3 is 1.58 bits per heavy atom. The third-order valence-electron chi connectivity index (χ3n) is 1.59. The van der Waals surface area contributed by atoms with Gasteiger partial charge in [0.2, 0.25) is 0 Å². The van der Waals surface area contributed by atoms with Crippen LogP contribution in [0.4, 0.5) is 22.0 Å². The molecule has 0 radical (unpaired) electrons. The Morgan fingerprint density at radius 1 is 1.05 bits per heavy atom. The molecule has 0 spiro atoms. The predicted octanol–water partition coefficient (Wildman–Crippen LogP) is 1.14. The number of carboxylic acids is 1. The number of hydrogen-bond acceptors (Lipinski definition) is 4. The number of rotatable bonds is 7. The summed E-state index contributed by atoms with van der Waals surface area (Å²) in [4.78, 5) is 9.20. The van der Waals surface area contributed by atoms with Crippen molar-refractivity contribution in [1.82, 2.24) is 5.32 Å². The van der Waals surface area contributed by atoms with Crippen molar-refractivity contribution in [2.75, 3.05) is 40.5 Å². The number of halogens is 5. The maximum Gasteiger partial charge on any atom is 0.465 e. The van der Waals surface area contributed by atoms with Crippen LogP contribution in [0.25, 0.3) is 0 Å². The Kier molecular flexibility index (Phi) is 10.6. The highest BCUT2D eigenvalue weighted by molar-refractivity contribution is 5.76. The third-order valence-corrected chi connectivity index (χ3v) is 1.59. The number of methoxy groups -OCH3 is 2. The summed E-state index contributed by atoms with van der Waals surface area (Å²) >= 11 is 0. The van der Waals surface area contributed by atoms with Crippen LogP contribution >= 0.6 is 0 Å². The number of carboxylic acid groups (broad SMARTS) is 1. The van der Waals surface area contributed by atoms with E-state index in [9.17, 15) is 26.7 Å². The van der Waals surface area contributed by atoms with Gasteiger partial charge in [-0.1, -0.05) is 0 Å². The summed E-state index contributed by atoms with van der Waals surface area (Å²) in [5.41, 5.74) is 0. The molecule has 0 saturated heterocycles. The first kappa shape index (κ1) is 20.3. The molecule has 5 nitrogen and oxygen atoms in total. The molecule has 0 heterocycles. The molecule has 0 rings (SSSR count). The Morgan fingerprint density at radius 2 is 1.42 bits per heavy atom. The van der Waals surface area contributed by atoms with Gasteiger partial charge in [-0.3, -0.25) is 0 Å². The lowest BCUT2D eigenvalue weighted by Crippen LogP contribution is -2.43. The number of nitrogens with one attached hydrogen (secondary N) is 1. The predicted molar refractivity (Wildman–Crippen MR) is 55.3 cm³/mol. The van der Waals surface area contributed by atoms with E-state index in [-0.39, 0.29) is 0 Å². The smallest absolute Gasteiger partial charge is 0.465 e. The molecule has 116 valence electrons. The van der Waals surface area contributed by atoms with Crippen molar-refractivity contribution in [3.05, 3.63) is 0 Å². The van der Waals surface area contributed by atoms with Gasteiger partial charge in [0.05, 0.1) is 13.2 Å². The van der Waals surface area contributed by atoms with Crippen molar-refractivity contribution in [3.63, 3.8) is 0 Å². The maximum atomic E-state index is 11.3. The lowest BCUT2D eigenvalue weighted by atomic mass is 10.3. The van der Waals surface area contributed by atoms with Crippen molar-refractivity contribution >= 4 is 5.97 Å². The molecule has 0 atom stereocenters. The Hall–Kier alpha value is -1.00. The van der Waals surface area contributed by atoms with Gasteiger partial charge in [-0.25, -0.2) is 4.79 Å². The minimum atomic E-state index is -6.02.